The maximum absolute atomic E-state index is 5.50. The molecule has 2 nitrogen and oxygen atoms in total. The van der Waals surface area contributed by atoms with Gasteiger partial charge >= 0.3 is 0 Å². The van der Waals surface area contributed by atoms with E-state index in [-0.39, 0.29) is 0 Å². The summed E-state index contributed by atoms with van der Waals surface area (Å²) in [5.74, 6) is 5.50. The van der Waals surface area contributed by atoms with Crippen LogP contribution >= 0.6 is 0 Å². The maximum Gasteiger partial charge on any atom is 0.0376 e. The molecule has 74 valence electrons. The van der Waals surface area contributed by atoms with Crippen molar-refractivity contribution in [3.63, 3.8) is 0 Å². The van der Waals surface area contributed by atoms with Crippen molar-refractivity contribution in [1.82, 2.24) is 5.01 Å². The molecule has 0 aliphatic rings. The average molecular weight is 180 g/mol. The largest absolute Gasteiger partial charge is 0.269 e. The van der Waals surface area contributed by atoms with Crippen molar-refractivity contribution in [2.45, 2.75) is 27.3 Å². The summed E-state index contributed by atoms with van der Waals surface area (Å²) in [7, 11) is 1.86. The summed E-state index contributed by atoms with van der Waals surface area (Å²) in [6, 6.07) is 8.38. The molecular formula is C11H20N2. The van der Waals surface area contributed by atoms with Gasteiger partial charge < -0.3 is 0 Å². The molecule has 0 atom stereocenters. The van der Waals surface area contributed by atoms with E-state index in [1.165, 1.54) is 11.1 Å². The van der Waals surface area contributed by atoms with E-state index in [0.29, 0.717) is 0 Å². The van der Waals surface area contributed by atoms with Crippen LogP contribution in [0.3, 0.4) is 0 Å². The zero-order chi connectivity index (χ0) is 10.3. The predicted octanol–water partition coefficient (Wildman–Crippen LogP) is 2.33. The number of nitrogens with zero attached hydrogens (tertiary/aromatic N) is 1. The predicted molar refractivity (Wildman–Crippen MR) is 58.2 cm³/mol. The van der Waals surface area contributed by atoms with Crippen LogP contribution in [0.1, 0.15) is 25.0 Å². The maximum atomic E-state index is 5.50. The molecule has 2 heteroatoms. The lowest BCUT2D eigenvalue weighted by molar-refractivity contribution is 0.341. The standard InChI is InChI=1S/C9H14N2.C2H6/c1-8-3-5-9(6-4-8)7-11(2)10;1-2/h3-6H,7,10H2,1-2H3;1-2H3. The van der Waals surface area contributed by atoms with E-state index in [4.69, 9.17) is 5.84 Å². The fourth-order valence-electron chi connectivity index (χ4n) is 0.981. The van der Waals surface area contributed by atoms with Gasteiger partial charge in [-0.2, -0.15) is 0 Å². The Morgan fingerprint density at radius 1 is 1.15 bits per heavy atom. The SMILES string of the molecule is CC.Cc1ccc(CN(C)N)cc1. The molecule has 1 aromatic rings. The Kier molecular flexibility index (Phi) is 6.20. The molecule has 0 spiro atoms. The molecule has 0 radical (unpaired) electrons. The molecule has 1 aromatic carbocycles. The lowest BCUT2D eigenvalue weighted by Gasteiger charge is -2.08. The minimum Gasteiger partial charge on any atom is -0.269 e. The first-order valence-corrected chi connectivity index (χ1v) is 4.70. The van der Waals surface area contributed by atoms with Crippen LogP contribution in [0, 0.1) is 6.92 Å². The summed E-state index contributed by atoms with van der Waals surface area (Å²) < 4.78 is 0. The Balaban J connectivity index is 0.000000671. The van der Waals surface area contributed by atoms with Gasteiger partial charge in [0.25, 0.3) is 0 Å². The van der Waals surface area contributed by atoms with Crippen molar-refractivity contribution in [2.24, 2.45) is 5.84 Å². The van der Waals surface area contributed by atoms with E-state index < -0.39 is 0 Å². The molecular weight excluding hydrogens is 160 g/mol. The number of nitrogens with two attached hydrogens (primary N) is 1. The van der Waals surface area contributed by atoms with Crippen molar-refractivity contribution < 1.29 is 0 Å². The van der Waals surface area contributed by atoms with Gasteiger partial charge in [-0.25, -0.2) is 5.01 Å². The second kappa shape index (κ2) is 6.63. The van der Waals surface area contributed by atoms with Gasteiger partial charge in [-0.3, -0.25) is 5.84 Å². The number of benzene rings is 1. The lowest BCUT2D eigenvalue weighted by atomic mass is 10.1. The molecule has 0 bridgehead atoms. The third kappa shape index (κ3) is 5.39. The number of rotatable bonds is 2. The molecule has 0 saturated carbocycles. The molecule has 0 saturated heterocycles. The number of hydrogen-bond donors (Lipinski definition) is 1. The fourth-order valence-corrected chi connectivity index (χ4v) is 0.981. The zero-order valence-electron chi connectivity index (χ0n) is 9.04. The van der Waals surface area contributed by atoms with Crippen LogP contribution < -0.4 is 5.84 Å². The van der Waals surface area contributed by atoms with Crippen LogP contribution in [-0.4, -0.2) is 12.1 Å². The molecule has 0 aromatic heterocycles. The van der Waals surface area contributed by atoms with Crippen molar-refractivity contribution in [3.8, 4) is 0 Å². The first kappa shape index (κ1) is 12.1. The highest BCUT2D eigenvalue weighted by Crippen LogP contribution is 2.03. The van der Waals surface area contributed by atoms with Gasteiger partial charge in [0.2, 0.25) is 0 Å². The van der Waals surface area contributed by atoms with Gasteiger partial charge in [0, 0.05) is 13.6 Å². The van der Waals surface area contributed by atoms with Crippen molar-refractivity contribution in [3.05, 3.63) is 35.4 Å². The van der Waals surface area contributed by atoms with Gasteiger partial charge in [-0.15, -0.1) is 0 Å². The Labute approximate surface area is 81.3 Å². The summed E-state index contributed by atoms with van der Waals surface area (Å²) in [6.45, 7) is 6.89. The summed E-state index contributed by atoms with van der Waals surface area (Å²) in [5, 5.41) is 1.67. The van der Waals surface area contributed by atoms with Gasteiger partial charge in [-0.1, -0.05) is 43.7 Å². The van der Waals surface area contributed by atoms with Crippen LogP contribution in [0.5, 0.6) is 0 Å². The van der Waals surface area contributed by atoms with E-state index in [9.17, 15) is 0 Å². The number of hydrazine groups is 1. The summed E-state index contributed by atoms with van der Waals surface area (Å²) in [4.78, 5) is 0. The zero-order valence-corrected chi connectivity index (χ0v) is 9.04. The third-order valence-corrected chi connectivity index (χ3v) is 1.55. The van der Waals surface area contributed by atoms with E-state index in [1.54, 1.807) is 5.01 Å². The Bertz CT molecular complexity index is 214. The Morgan fingerprint density at radius 2 is 1.62 bits per heavy atom. The average Bonchev–Trinajstić information content (AvgIpc) is 2.12. The van der Waals surface area contributed by atoms with Crippen molar-refractivity contribution in [2.75, 3.05) is 7.05 Å². The van der Waals surface area contributed by atoms with Gasteiger partial charge in [0.1, 0.15) is 0 Å². The number of aryl methyl sites for hydroxylation is 1. The summed E-state index contributed by atoms with van der Waals surface area (Å²) >= 11 is 0. The van der Waals surface area contributed by atoms with Crippen LogP contribution in [0.2, 0.25) is 0 Å². The summed E-state index contributed by atoms with van der Waals surface area (Å²) in [6.07, 6.45) is 0. The van der Waals surface area contributed by atoms with Crippen LogP contribution in [0.15, 0.2) is 24.3 Å². The minimum absolute atomic E-state index is 0.806. The van der Waals surface area contributed by atoms with E-state index in [1.807, 2.05) is 20.9 Å². The van der Waals surface area contributed by atoms with E-state index in [0.717, 1.165) is 6.54 Å². The van der Waals surface area contributed by atoms with Crippen molar-refractivity contribution in [1.29, 1.82) is 0 Å². The monoisotopic (exact) mass is 180 g/mol. The van der Waals surface area contributed by atoms with Gasteiger partial charge in [0.05, 0.1) is 0 Å². The topological polar surface area (TPSA) is 29.3 Å². The molecule has 0 fully saturated rings. The molecule has 13 heavy (non-hydrogen) atoms. The summed E-state index contributed by atoms with van der Waals surface area (Å²) in [5.41, 5.74) is 2.54. The van der Waals surface area contributed by atoms with Crippen molar-refractivity contribution >= 4 is 0 Å². The second-order valence-corrected chi connectivity index (χ2v) is 2.90. The Hall–Kier alpha value is -0.860. The first-order valence-electron chi connectivity index (χ1n) is 4.70. The molecule has 1 rings (SSSR count). The fraction of sp³-hybridized carbons (Fsp3) is 0.455. The van der Waals surface area contributed by atoms with Crippen LogP contribution in [0.25, 0.3) is 0 Å². The van der Waals surface area contributed by atoms with E-state index in [2.05, 4.69) is 31.2 Å². The Morgan fingerprint density at radius 3 is 2.00 bits per heavy atom. The minimum atomic E-state index is 0.806. The number of hydrogen-bond acceptors (Lipinski definition) is 2. The molecule has 0 unspecified atom stereocenters. The van der Waals surface area contributed by atoms with Crippen LogP contribution in [-0.2, 0) is 6.54 Å². The van der Waals surface area contributed by atoms with Crippen LogP contribution in [0.4, 0.5) is 0 Å². The van der Waals surface area contributed by atoms with E-state index >= 15 is 0 Å². The quantitative estimate of drug-likeness (QED) is 0.559. The smallest absolute Gasteiger partial charge is 0.0376 e. The molecule has 0 heterocycles. The molecule has 0 amide bonds. The second-order valence-electron chi connectivity index (χ2n) is 2.90. The highest BCUT2D eigenvalue weighted by molar-refractivity contribution is 5.20. The highest BCUT2D eigenvalue weighted by atomic mass is 15.4. The van der Waals surface area contributed by atoms with Gasteiger partial charge in [0.15, 0.2) is 0 Å². The molecule has 0 aliphatic heterocycles. The lowest BCUT2D eigenvalue weighted by Crippen LogP contribution is -2.24. The van der Waals surface area contributed by atoms with Gasteiger partial charge in [-0.05, 0) is 12.5 Å². The highest BCUT2D eigenvalue weighted by Gasteiger charge is 1.93. The normalized spacial score (nSPS) is 9.38. The first-order chi connectivity index (χ1) is 6.18. The molecule has 2 N–H and O–H groups in total. The molecule has 0 aliphatic carbocycles. The third-order valence-electron chi connectivity index (χ3n) is 1.55.